The number of hydrogen-bond donors (Lipinski definition) is 2. The van der Waals surface area contributed by atoms with E-state index in [9.17, 15) is 45.5 Å². The average Bonchev–Trinajstić information content (AvgIpc) is 3.04. The number of nitrogens with two attached hydrogens (primary N) is 1. The van der Waals surface area contributed by atoms with Gasteiger partial charge in [-0.15, -0.1) is 0 Å². The number of carbonyl (C=O) groups excluding carboxylic acids is 2. The maximum atomic E-state index is 14.4. The SMILES string of the molecule is C[C@H]1[C@@H](c2ccc(F)c(F)c2OC(F)F)[C@@H](C(=O)N=c2ccn(O)c(C(N)=O)c2)O[C@@]1(C)C(F)(F)F. The Morgan fingerprint density at radius 1 is 1.25 bits per heavy atom. The lowest BCUT2D eigenvalue weighted by Crippen LogP contribution is -2.47. The molecule has 0 bridgehead atoms. The van der Waals surface area contributed by atoms with Gasteiger partial charge in [-0.2, -0.15) is 31.1 Å². The van der Waals surface area contributed by atoms with Crippen molar-refractivity contribution >= 4 is 11.8 Å². The predicted octanol–water partition coefficient (Wildman–Crippen LogP) is 3.27. The van der Waals surface area contributed by atoms with Gasteiger partial charge in [-0.1, -0.05) is 13.0 Å². The Hall–Kier alpha value is -3.62. The molecule has 0 aliphatic carbocycles. The van der Waals surface area contributed by atoms with Gasteiger partial charge in [0, 0.05) is 23.6 Å². The van der Waals surface area contributed by atoms with Crippen LogP contribution >= 0.6 is 0 Å². The van der Waals surface area contributed by atoms with E-state index in [4.69, 9.17) is 10.5 Å². The van der Waals surface area contributed by atoms with Gasteiger partial charge in [-0.05, 0) is 25.1 Å². The van der Waals surface area contributed by atoms with E-state index in [-0.39, 0.29) is 5.36 Å². The van der Waals surface area contributed by atoms with Crippen LogP contribution in [0, 0.1) is 17.6 Å². The number of benzene rings is 1. The first-order valence-corrected chi connectivity index (χ1v) is 10.1. The molecule has 36 heavy (non-hydrogen) atoms. The van der Waals surface area contributed by atoms with Gasteiger partial charge in [0.2, 0.25) is 5.82 Å². The summed E-state index contributed by atoms with van der Waals surface area (Å²) in [5, 5.41) is 9.25. The van der Waals surface area contributed by atoms with Crippen molar-refractivity contribution in [3.05, 3.63) is 58.7 Å². The van der Waals surface area contributed by atoms with Gasteiger partial charge in [0.1, 0.15) is 11.8 Å². The summed E-state index contributed by atoms with van der Waals surface area (Å²) >= 11 is 0. The summed E-state index contributed by atoms with van der Waals surface area (Å²) in [6.45, 7) is -2.08. The molecule has 1 fully saturated rings. The smallest absolute Gasteiger partial charge is 0.417 e. The number of ether oxygens (including phenoxy) is 2. The molecule has 0 spiro atoms. The highest BCUT2D eigenvalue weighted by Crippen LogP contribution is 2.55. The molecule has 1 aliphatic heterocycles. The maximum Gasteiger partial charge on any atom is 0.417 e. The molecule has 1 saturated heterocycles. The standard InChI is InChI=1S/C21H18F7N3O5/c1-8-13(10-3-4-11(22)14(23)15(10)35-19(24)25)16(36-20(8,2)21(26,27)28)18(33)30-9-5-6-31(34)12(7-9)17(29)32/h3-8,13,16,19,34H,1-2H3,(H2,29,32)/t8-,13-,16-,20+/m0/s1. The second-order valence-electron chi connectivity index (χ2n) is 8.04. The average molecular weight is 525 g/mol. The van der Waals surface area contributed by atoms with Crippen LogP contribution in [0.25, 0.3) is 0 Å². The molecule has 1 aliphatic rings. The molecule has 3 N–H and O–H groups in total. The summed E-state index contributed by atoms with van der Waals surface area (Å²) in [6, 6.07) is 3.04. The third kappa shape index (κ3) is 4.74. The van der Waals surface area contributed by atoms with E-state index in [2.05, 4.69) is 9.73 Å². The molecule has 0 unspecified atom stereocenters. The van der Waals surface area contributed by atoms with E-state index >= 15 is 0 Å². The Morgan fingerprint density at radius 2 is 1.89 bits per heavy atom. The first kappa shape index (κ1) is 27.0. The Labute approximate surface area is 197 Å². The molecule has 15 heteroatoms. The maximum absolute atomic E-state index is 14.4. The van der Waals surface area contributed by atoms with Crippen molar-refractivity contribution < 1.29 is 55.0 Å². The predicted molar refractivity (Wildman–Crippen MR) is 105 cm³/mol. The Kier molecular flexibility index (Phi) is 7.08. The fraction of sp³-hybridized carbons (Fsp3) is 0.381. The molecule has 1 aromatic carbocycles. The number of primary amides is 1. The first-order valence-electron chi connectivity index (χ1n) is 10.1. The van der Waals surface area contributed by atoms with Gasteiger partial charge < -0.3 is 20.4 Å². The molecule has 0 radical (unpaired) electrons. The normalized spacial score (nSPS) is 24.8. The van der Waals surface area contributed by atoms with Gasteiger partial charge in [0.15, 0.2) is 17.2 Å². The minimum Gasteiger partial charge on any atom is -0.431 e. The Balaban J connectivity index is 2.20. The van der Waals surface area contributed by atoms with Crippen molar-refractivity contribution in [2.24, 2.45) is 16.6 Å². The topological polar surface area (TPSA) is 116 Å². The zero-order chi connectivity index (χ0) is 27.2. The Morgan fingerprint density at radius 3 is 2.44 bits per heavy atom. The first-order chi connectivity index (χ1) is 16.6. The number of amides is 2. The summed E-state index contributed by atoms with van der Waals surface area (Å²) in [4.78, 5) is 28.0. The van der Waals surface area contributed by atoms with Gasteiger partial charge in [0.05, 0.1) is 5.36 Å². The largest absolute Gasteiger partial charge is 0.431 e. The van der Waals surface area contributed by atoms with E-state index in [0.29, 0.717) is 23.8 Å². The van der Waals surface area contributed by atoms with Crippen molar-refractivity contribution in [3.8, 4) is 5.75 Å². The van der Waals surface area contributed by atoms with Gasteiger partial charge in [-0.25, -0.2) is 9.38 Å². The fourth-order valence-electron chi connectivity index (χ4n) is 3.95. The Bertz CT molecular complexity index is 1260. The number of aromatic nitrogens is 1. The summed E-state index contributed by atoms with van der Waals surface area (Å²) in [6.07, 6.45) is -6.35. The van der Waals surface area contributed by atoms with E-state index < -0.39 is 76.8 Å². The molecule has 8 nitrogen and oxygen atoms in total. The van der Waals surface area contributed by atoms with Crippen LogP contribution in [0.3, 0.4) is 0 Å². The van der Waals surface area contributed by atoms with Crippen LogP contribution in [0.15, 0.2) is 35.5 Å². The quantitative estimate of drug-likeness (QED) is 0.459. The van der Waals surface area contributed by atoms with E-state index in [1.54, 1.807) is 0 Å². The zero-order valence-corrected chi connectivity index (χ0v) is 18.4. The summed E-state index contributed by atoms with van der Waals surface area (Å²) in [7, 11) is 0. The van der Waals surface area contributed by atoms with Crippen LogP contribution in [0.5, 0.6) is 5.75 Å². The van der Waals surface area contributed by atoms with Crippen molar-refractivity contribution in [2.45, 2.75) is 44.3 Å². The number of pyridine rings is 1. The highest BCUT2D eigenvalue weighted by molar-refractivity contribution is 5.91. The van der Waals surface area contributed by atoms with Gasteiger partial charge in [-0.3, -0.25) is 9.59 Å². The van der Waals surface area contributed by atoms with Crippen LogP contribution in [0.1, 0.15) is 35.8 Å². The fourth-order valence-corrected chi connectivity index (χ4v) is 3.95. The molecule has 2 amide bonds. The van der Waals surface area contributed by atoms with Crippen molar-refractivity contribution in [1.82, 2.24) is 4.73 Å². The number of alkyl halides is 5. The van der Waals surface area contributed by atoms with Gasteiger partial charge >= 0.3 is 12.8 Å². The highest BCUT2D eigenvalue weighted by atomic mass is 19.4. The van der Waals surface area contributed by atoms with Crippen LogP contribution in [-0.4, -0.2) is 46.2 Å². The van der Waals surface area contributed by atoms with Crippen LogP contribution in [0.2, 0.25) is 0 Å². The lowest BCUT2D eigenvalue weighted by molar-refractivity contribution is -0.272. The highest BCUT2D eigenvalue weighted by Gasteiger charge is 2.66. The zero-order valence-electron chi connectivity index (χ0n) is 18.4. The lowest BCUT2D eigenvalue weighted by Gasteiger charge is -2.32. The number of carbonyl (C=O) groups is 2. The molecule has 0 saturated carbocycles. The van der Waals surface area contributed by atoms with E-state index in [1.807, 2.05) is 0 Å². The third-order valence-electron chi connectivity index (χ3n) is 5.97. The summed E-state index contributed by atoms with van der Waals surface area (Å²) < 4.78 is 105. The monoisotopic (exact) mass is 525 g/mol. The summed E-state index contributed by atoms with van der Waals surface area (Å²) in [5.74, 6) is -10.9. The van der Waals surface area contributed by atoms with Crippen LogP contribution < -0.4 is 15.8 Å². The second-order valence-corrected chi connectivity index (χ2v) is 8.04. The lowest BCUT2D eigenvalue weighted by atomic mass is 9.77. The molecule has 4 atom stereocenters. The third-order valence-corrected chi connectivity index (χ3v) is 5.97. The number of nitrogens with zero attached hydrogens (tertiary/aromatic N) is 2. The number of halogens is 7. The molecular formula is C21H18F7N3O5. The molecule has 3 rings (SSSR count). The van der Waals surface area contributed by atoms with E-state index in [0.717, 1.165) is 25.3 Å². The molecular weight excluding hydrogens is 507 g/mol. The summed E-state index contributed by atoms with van der Waals surface area (Å²) in [5.41, 5.74) is 0.832. The number of hydrogen-bond acceptors (Lipinski definition) is 5. The minimum atomic E-state index is -5.09. The molecule has 2 heterocycles. The molecule has 1 aromatic heterocycles. The minimum absolute atomic E-state index is 0.304. The number of rotatable bonds is 5. The van der Waals surface area contributed by atoms with Gasteiger partial charge in [0.25, 0.3) is 11.8 Å². The molecule has 2 aromatic rings. The van der Waals surface area contributed by atoms with Crippen molar-refractivity contribution in [2.75, 3.05) is 0 Å². The second kappa shape index (κ2) is 9.44. The van der Waals surface area contributed by atoms with Crippen molar-refractivity contribution in [1.29, 1.82) is 0 Å². The van der Waals surface area contributed by atoms with E-state index in [1.165, 1.54) is 0 Å². The van der Waals surface area contributed by atoms with Crippen LogP contribution in [-0.2, 0) is 9.53 Å². The van der Waals surface area contributed by atoms with Crippen molar-refractivity contribution in [3.63, 3.8) is 0 Å². The molecule has 196 valence electrons. The van der Waals surface area contributed by atoms with Crippen LogP contribution in [0.4, 0.5) is 30.7 Å².